The Bertz CT molecular complexity index is 501. The maximum absolute atomic E-state index is 11.9. The average molecular weight is 250 g/mol. The first-order chi connectivity index (χ1) is 7.22. The van der Waals surface area contributed by atoms with Gasteiger partial charge in [-0.25, -0.2) is 8.42 Å². The van der Waals surface area contributed by atoms with E-state index >= 15 is 0 Å². The Hall–Kier alpha value is -1.30. The molecule has 6 heteroatoms. The highest BCUT2D eigenvalue weighted by Crippen LogP contribution is 2.21. The van der Waals surface area contributed by atoms with Crippen molar-refractivity contribution in [3.63, 3.8) is 0 Å². The molecule has 0 amide bonds. The molecular weight excluding hydrogens is 241 g/mol. The molecule has 0 aliphatic rings. The van der Waals surface area contributed by atoms with Crippen LogP contribution in [-0.2, 0) is 9.84 Å². The molecule has 0 heterocycles. The normalized spacial score (nSPS) is 13.2. The van der Waals surface area contributed by atoms with E-state index in [4.69, 9.17) is 0 Å². The topological polar surface area (TPSA) is 34.1 Å². The van der Waals surface area contributed by atoms with Crippen LogP contribution in [0.2, 0.25) is 0 Å². The standard InChI is InChI=1S/C10H9F3O2S/c1-8-4-2-3-5-9(8)16(14,15)7-6-10(11,12)13/h2-7H,1H3/b7-6-. The average Bonchev–Trinajstić information content (AvgIpc) is 2.14. The van der Waals surface area contributed by atoms with Crippen molar-refractivity contribution >= 4 is 9.84 Å². The predicted octanol–water partition coefficient (Wildman–Crippen LogP) is 2.84. The van der Waals surface area contributed by atoms with Crippen LogP contribution in [0.25, 0.3) is 0 Å². The van der Waals surface area contributed by atoms with Gasteiger partial charge in [0.1, 0.15) is 0 Å². The third kappa shape index (κ3) is 3.37. The summed E-state index contributed by atoms with van der Waals surface area (Å²) in [5, 5.41) is 0.176. The molecule has 0 bridgehead atoms. The smallest absolute Gasteiger partial charge is 0.219 e. The fourth-order valence-electron chi connectivity index (χ4n) is 1.12. The molecule has 0 N–H and O–H groups in total. The van der Waals surface area contributed by atoms with Crippen molar-refractivity contribution in [3.05, 3.63) is 41.3 Å². The van der Waals surface area contributed by atoms with Crippen molar-refractivity contribution in [1.82, 2.24) is 0 Å². The molecule has 0 aliphatic heterocycles. The van der Waals surface area contributed by atoms with E-state index in [1.165, 1.54) is 25.1 Å². The van der Waals surface area contributed by atoms with E-state index in [0.717, 1.165) is 0 Å². The minimum Gasteiger partial charge on any atom is -0.219 e. The Morgan fingerprint density at radius 1 is 1.19 bits per heavy atom. The SMILES string of the molecule is Cc1ccccc1S(=O)(=O)/C=C\C(F)(F)F. The van der Waals surface area contributed by atoms with Gasteiger partial charge >= 0.3 is 6.18 Å². The lowest BCUT2D eigenvalue weighted by Gasteiger charge is -2.03. The summed E-state index contributed by atoms with van der Waals surface area (Å²) in [7, 11) is -4.02. The zero-order chi connectivity index (χ0) is 12.4. The third-order valence-electron chi connectivity index (χ3n) is 1.84. The van der Waals surface area contributed by atoms with E-state index in [1.54, 1.807) is 6.07 Å². The second-order valence-electron chi connectivity index (χ2n) is 3.15. The molecule has 1 aromatic carbocycles. The van der Waals surface area contributed by atoms with Gasteiger partial charge in [0, 0.05) is 11.5 Å². The first-order valence-corrected chi connectivity index (χ1v) is 5.84. The Balaban J connectivity index is 3.15. The second kappa shape index (κ2) is 4.29. The van der Waals surface area contributed by atoms with Gasteiger partial charge in [-0.2, -0.15) is 13.2 Å². The van der Waals surface area contributed by atoms with Gasteiger partial charge in [0.25, 0.3) is 0 Å². The van der Waals surface area contributed by atoms with Gasteiger partial charge < -0.3 is 0 Å². The number of sulfone groups is 1. The van der Waals surface area contributed by atoms with Crippen LogP contribution in [0.15, 0.2) is 40.6 Å². The molecule has 16 heavy (non-hydrogen) atoms. The predicted molar refractivity (Wildman–Crippen MR) is 53.6 cm³/mol. The zero-order valence-electron chi connectivity index (χ0n) is 8.32. The summed E-state index contributed by atoms with van der Waals surface area (Å²) in [5.41, 5.74) is 0.411. The molecule has 0 spiro atoms. The molecule has 0 saturated carbocycles. The van der Waals surface area contributed by atoms with Crippen molar-refractivity contribution in [2.75, 3.05) is 0 Å². The van der Waals surface area contributed by atoms with Crippen LogP contribution in [0.1, 0.15) is 5.56 Å². The van der Waals surface area contributed by atoms with Crippen molar-refractivity contribution in [3.8, 4) is 0 Å². The maximum atomic E-state index is 11.9. The summed E-state index contributed by atoms with van der Waals surface area (Å²) < 4.78 is 58.6. The lowest BCUT2D eigenvalue weighted by atomic mass is 10.2. The molecule has 2 nitrogen and oxygen atoms in total. The molecule has 0 saturated heterocycles. The van der Waals surface area contributed by atoms with Crippen LogP contribution in [0, 0.1) is 6.92 Å². The number of alkyl halides is 3. The highest BCUT2D eigenvalue weighted by molar-refractivity contribution is 7.94. The van der Waals surface area contributed by atoms with Crippen molar-refractivity contribution in [2.45, 2.75) is 18.0 Å². The van der Waals surface area contributed by atoms with Crippen LogP contribution in [0.3, 0.4) is 0 Å². The van der Waals surface area contributed by atoms with Gasteiger partial charge in [-0.15, -0.1) is 0 Å². The van der Waals surface area contributed by atoms with E-state index in [0.29, 0.717) is 5.56 Å². The number of aryl methyl sites for hydroxylation is 1. The van der Waals surface area contributed by atoms with E-state index in [-0.39, 0.29) is 16.4 Å². The molecule has 0 aliphatic carbocycles. The summed E-state index contributed by atoms with van der Waals surface area (Å²) in [6.07, 6.45) is -4.91. The van der Waals surface area contributed by atoms with Crippen molar-refractivity contribution in [1.29, 1.82) is 0 Å². The molecule has 1 aromatic rings. The van der Waals surface area contributed by atoms with Gasteiger partial charge in [-0.05, 0) is 18.6 Å². The van der Waals surface area contributed by atoms with Crippen LogP contribution in [-0.4, -0.2) is 14.6 Å². The molecule has 0 unspecified atom stereocenters. The fraction of sp³-hybridized carbons (Fsp3) is 0.200. The Morgan fingerprint density at radius 3 is 2.25 bits per heavy atom. The first kappa shape index (κ1) is 12.8. The maximum Gasteiger partial charge on any atom is 0.410 e. The van der Waals surface area contributed by atoms with E-state index in [1.807, 2.05) is 0 Å². The summed E-state index contributed by atoms with van der Waals surface area (Å²) in [4.78, 5) is -0.115. The lowest BCUT2D eigenvalue weighted by Crippen LogP contribution is -2.05. The summed E-state index contributed by atoms with van der Waals surface area (Å²) in [6, 6.07) is 5.86. The third-order valence-corrected chi connectivity index (χ3v) is 3.40. The number of allylic oxidation sites excluding steroid dienone is 1. The van der Waals surface area contributed by atoms with Crippen LogP contribution >= 0.6 is 0 Å². The number of rotatable bonds is 2. The molecule has 1 rings (SSSR count). The molecule has 88 valence electrons. The molecule has 0 radical (unpaired) electrons. The Labute approximate surface area is 91.3 Å². The fourth-order valence-corrected chi connectivity index (χ4v) is 2.38. The number of hydrogen-bond acceptors (Lipinski definition) is 2. The Morgan fingerprint density at radius 2 is 1.75 bits per heavy atom. The van der Waals surface area contributed by atoms with E-state index in [9.17, 15) is 21.6 Å². The summed E-state index contributed by atoms with van der Waals surface area (Å²) in [5.74, 6) is 0. The van der Waals surface area contributed by atoms with E-state index in [2.05, 4.69) is 0 Å². The van der Waals surface area contributed by atoms with Crippen molar-refractivity contribution in [2.24, 2.45) is 0 Å². The molecular formula is C10H9F3O2S. The number of halogens is 3. The monoisotopic (exact) mass is 250 g/mol. The van der Waals surface area contributed by atoms with Gasteiger partial charge in [0.2, 0.25) is 0 Å². The minimum atomic E-state index is -4.63. The van der Waals surface area contributed by atoms with E-state index < -0.39 is 16.0 Å². The molecule has 0 fully saturated rings. The van der Waals surface area contributed by atoms with Crippen LogP contribution in [0.5, 0.6) is 0 Å². The number of hydrogen-bond donors (Lipinski definition) is 0. The highest BCUT2D eigenvalue weighted by Gasteiger charge is 2.24. The summed E-state index contributed by atoms with van der Waals surface area (Å²) in [6.45, 7) is 1.52. The zero-order valence-corrected chi connectivity index (χ0v) is 9.14. The largest absolute Gasteiger partial charge is 0.410 e. The molecule has 0 aromatic heterocycles. The lowest BCUT2D eigenvalue weighted by molar-refractivity contribution is -0.0797. The van der Waals surface area contributed by atoms with Crippen molar-refractivity contribution < 1.29 is 21.6 Å². The quantitative estimate of drug-likeness (QED) is 0.808. The van der Waals surface area contributed by atoms with Gasteiger partial charge in [-0.3, -0.25) is 0 Å². The second-order valence-corrected chi connectivity index (χ2v) is 4.96. The minimum absolute atomic E-state index is 0.115. The van der Waals surface area contributed by atoms with Gasteiger partial charge in [0.05, 0.1) is 4.90 Å². The number of benzene rings is 1. The molecule has 0 atom stereocenters. The highest BCUT2D eigenvalue weighted by atomic mass is 32.2. The first-order valence-electron chi connectivity index (χ1n) is 4.29. The van der Waals surface area contributed by atoms with Gasteiger partial charge in [-0.1, -0.05) is 18.2 Å². The summed E-state index contributed by atoms with van der Waals surface area (Å²) >= 11 is 0. The Kier molecular flexibility index (Phi) is 3.42. The van der Waals surface area contributed by atoms with Crippen LogP contribution < -0.4 is 0 Å². The van der Waals surface area contributed by atoms with Crippen LogP contribution in [0.4, 0.5) is 13.2 Å². The van der Waals surface area contributed by atoms with Gasteiger partial charge in [0.15, 0.2) is 9.84 Å².